The van der Waals surface area contributed by atoms with Gasteiger partial charge in [0.15, 0.2) is 0 Å². The van der Waals surface area contributed by atoms with Gasteiger partial charge in [0.05, 0.1) is 0 Å². The summed E-state index contributed by atoms with van der Waals surface area (Å²) in [7, 11) is 0. The fourth-order valence-electron chi connectivity index (χ4n) is 9.87. The van der Waals surface area contributed by atoms with Crippen LogP contribution in [0.25, 0.3) is 0 Å². The van der Waals surface area contributed by atoms with Crippen molar-refractivity contribution in [3.63, 3.8) is 0 Å². The number of carbonyl (C=O) groups is 1. The average molecular weight is 387 g/mol. The topological polar surface area (TPSA) is 35.5 Å². The first-order valence-corrected chi connectivity index (χ1v) is 12.2. The first-order chi connectivity index (χ1) is 13.4. The zero-order valence-electron chi connectivity index (χ0n) is 17.8. The molecule has 0 N–H and O–H groups in total. The molecule has 3 nitrogen and oxygen atoms in total. The van der Waals surface area contributed by atoms with Gasteiger partial charge in [-0.25, -0.2) is 4.79 Å². The van der Waals surface area contributed by atoms with Crippen molar-refractivity contribution in [2.75, 3.05) is 13.2 Å². The Kier molecular flexibility index (Phi) is 3.96. The Hall–Kier alpha value is -0.730. The van der Waals surface area contributed by atoms with E-state index in [0.29, 0.717) is 25.0 Å². The van der Waals surface area contributed by atoms with Gasteiger partial charge < -0.3 is 9.47 Å². The molecule has 8 rings (SSSR count). The predicted octanol–water partition coefficient (Wildman–Crippen LogP) is 6.06. The monoisotopic (exact) mass is 386 g/mol. The van der Waals surface area contributed by atoms with Crippen LogP contribution in [0.3, 0.4) is 0 Å². The standard InChI is InChI=1S/C25H38O3/c1-15-21-5-17-3-18(6-21)10-24(15,9-17)13-27-23(26)28-14-25-11-19-4-20(12-25)8-22(7-19)16(25)2/h15-22H,3-14H2,1-2H3. The van der Waals surface area contributed by atoms with E-state index in [0.717, 1.165) is 35.5 Å². The molecule has 0 amide bonds. The minimum Gasteiger partial charge on any atom is -0.434 e. The van der Waals surface area contributed by atoms with E-state index in [-0.39, 0.29) is 17.0 Å². The summed E-state index contributed by atoms with van der Waals surface area (Å²) in [5.74, 6) is 6.72. The van der Waals surface area contributed by atoms with Gasteiger partial charge in [0.25, 0.3) is 0 Å². The summed E-state index contributed by atoms with van der Waals surface area (Å²) < 4.78 is 11.7. The van der Waals surface area contributed by atoms with Crippen LogP contribution in [0, 0.1) is 58.2 Å². The first-order valence-electron chi connectivity index (χ1n) is 12.2. The second kappa shape index (κ2) is 6.14. The molecule has 0 spiro atoms. The van der Waals surface area contributed by atoms with Crippen LogP contribution in [0.5, 0.6) is 0 Å². The summed E-state index contributed by atoms with van der Waals surface area (Å²) in [5, 5.41) is 0. The van der Waals surface area contributed by atoms with Gasteiger partial charge in [-0.05, 0) is 112 Å². The zero-order valence-corrected chi connectivity index (χ0v) is 17.8. The van der Waals surface area contributed by atoms with Gasteiger partial charge in [0, 0.05) is 10.8 Å². The van der Waals surface area contributed by atoms with Crippen LogP contribution in [-0.4, -0.2) is 19.4 Å². The van der Waals surface area contributed by atoms with Crippen LogP contribution < -0.4 is 0 Å². The Balaban J connectivity index is 1.07. The van der Waals surface area contributed by atoms with Crippen LogP contribution in [0.15, 0.2) is 0 Å². The van der Waals surface area contributed by atoms with Gasteiger partial charge in [-0.2, -0.15) is 0 Å². The van der Waals surface area contributed by atoms with Gasteiger partial charge in [-0.1, -0.05) is 13.8 Å². The SMILES string of the molecule is CC1C2CC3CC(C2)CC1(COC(=O)OCC12CC4CC(CC(C4)C1C)C2)C3. The second-order valence-electron chi connectivity index (χ2n) is 12.3. The Labute approximate surface area is 170 Å². The molecule has 156 valence electrons. The van der Waals surface area contributed by atoms with Crippen molar-refractivity contribution in [1.29, 1.82) is 0 Å². The third kappa shape index (κ3) is 2.63. The lowest BCUT2D eigenvalue weighted by Crippen LogP contribution is -2.54. The lowest BCUT2D eigenvalue weighted by molar-refractivity contribution is -0.145. The maximum Gasteiger partial charge on any atom is 0.508 e. The fourth-order valence-corrected chi connectivity index (χ4v) is 9.87. The Morgan fingerprint density at radius 2 is 1.04 bits per heavy atom. The number of carbonyl (C=O) groups excluding carboxylic acids is 1. The van der Waals surface area contributed by atoms with Gasteiger partial charge in [0.2, 0.25) is 0 Å². The second-order valence-corrected chi connectivity index (χ2v) is 12.3. The maximum atomic E-state index is 12.6. The van der Waals surface area contributed by atoms with Gasteiger partial charge in [0.1, 0.15) is 13.2 Å². The third-order valence-corrected chi connectivity index (χ3v) is 11.0. The van der Waals surface area contributed by atoms with Crippen molar-refractivity contribution in [2.24, 2.45) is 58.2 Å². The Bertz CT molecular complexity index is 574. The van der Waals surface area contributed by atoms with E-state index in [1.807, 2.05) is 0 Å². The van der Waals surface area contributed by atoms with Gasteiger partial charge in [-0.15, -0.1) is 0 Å². The number of ether oxygens (including phenoxy) is 2. The van der Waals surface area contributed by atoms with Crippen molar-refractivity contribution < 1.29 is 14.3 Å². The summed E-state index contributed by atoms with van der Waals surface area (Å²) in [6.45, 7) is 6.06. The lowest BCUT2D eigenvalue weighted by Gasteiger charge is -2.60. The fraction of sp³-hybridized carbons (Fsp3) is 0.960. The van der Waals surface area contributed by atoms with E-state index >= 15 is 0 Å². The van der Waals surface area contributed by atoms with Crippen LogP contribution in [-0.2, 0) is 9.47 Å². The molecule has 0 saturated heterocycles. The van der Waals surface area contributed by atoms with Crippen LogP contribution in [0.4, 0.5) is 4.79 Å². The number of rotatable bonds is 4. The van der Waals surface area contributed by atoms with E-state index in [4.69, 9.17) is 9.47 Å². The highest BCUT2D eigenvalue weighted by molar-refractivity contribution is 5.60. The molecule has 6 atom stereocenters. The molecule has 0 aromatic carbocycles. The largest absolute Gasteiger partial charge is 0.508 e. The van der Waals surface area contributed by atoms with Crippen LogP contribution >= 0.6 is 0 Å². The van der Waals surface area contributed by atoms with Gasteiger partial charge in [-0.3, -0.25) is 0 Å². The summed E-state index contributed by atoms with van der Waals surface area (Å²) in [6.07, 6.45) is 13.3. The normalized spacial score (nSPS) is 55.5. The molecule has 28 heavy (non-hydrogen) atoms. The van der Waals surface area contributed by atoms with Crippen molar-refractivity contribution in [1.82, 2.24) is 0 Å². The minimum atomic E-state index is -0.383. The Morgan fingerprint density at radius 3 is 1.39 bits per heavy atom. The molecule has 3 heteroatoms. The molecule has 0 heterocycles. The summed E-state index contributed by atoms with van der Waals surface area (Å²) in [4.78, 5) is 12.6. The molecule has 8 saturated carbocycles. The third-order valence-electron chi connectivity index (χ3n) is 11.0. The zero-order chi connectivity index (χ0) is 19.1. The molecule has 0 aromatic rings. The van der Waals surface area contributed by atoms with E-state index in [2.05, 4.69) is 13.8 Å². The number of hydrogen-bond acceptors (Lipinski definition) is 3. The van der Waals surface area contributed by atoms with E-state index < -0.39 is 0 Å². The predicted molar refractivity (Wildman–Crippen MR) is 108 cm³/mol. The highest BCUT2D eigenvalue weighted by atomic mass is 16.7. The molecule has 8 bridgehead atoms. The summed E-state index contributed by atoms with van der Waals surface area (Å²) in [5.41, 5.74) is 0.503. The quantitative estimate of drug-likeness (QED) is 0.551. The van der Waals surface area contributed by atoms with Crippen molar-refractivity contribution >= 4 is 6.16 Å². The number of hydrogen-bond donors (Lipinski definition) is 0. The van der Waals surface area contributed by atoms with Crippen molar-refractivity contribution in [3.8, 4) is 0 Å². The van der Waals surface area contributed by atoms with Gasteiger partial charge >= 0.3 is 6.16 Å². The molecule has 0 aromatic heterocycles. The molecule has 8 aliphatic rings. The molecule has 0 aliphatic heterocycles. The highest BCUT2D eigenvalue weighted by Gasteiger charge is 2.57. The van der Waals surface area contributed by atoms with E-state index in [9.17, 15) is 4.79 Å². The first kappa shape index (κ1) is 18.1. The summed E-state index contributed by atoms with van der Waals surface area (Å²) >= 11 is 0. The van der Waals surface area contributed by atoms with Crippen LogP contribution in [0.1, 0.15) is 78.1 Å². The Morgan fingerprint density at radius 1 is 0.679 bits per heavy atom. The highest BCUT2D eigenvalue weighted by Crippen LogP contribution is 2.64. The van der Waals surface area contributed by atoms with E-state index in [1.165, 1.54) is 64.2 Å². The molecular formula is C25H38O3. The lowest BCUT2D eigenvalue weighted by atomic mass is 9.45. The minimum absolute atomic E-state index is 0.252. The smallest absolute Gasteiger partial charge is 0.434 e. The molecular weight excluding hydrogens is 348 g/mol. The van der Waals surface area contributed by atoms with Crippen LogP contribution in [0.2, 0.25) is 0 Å². The molecule has 0 radical (unpaired) electrons. The molecule has 8 fully saturated rings. The van der Waals surface area contributed by atoms with Crippen molar-refractivity contribution in [3.05, 3.63) is 0 Å². The van der Waals surface area contributed by atoms with Crippen molar-refractivity contribution in [2.45, 2.75) is 78.1 Å². The van der Waals surface area contributed by atoms with E-state index in [1.54, 1.807) is 0 Å². The average Bonchev–Trinajstić information content (AvgIpc) is 2.66. The molecule has 6 unspecified atom stereocenters. The molecule has 8 aliphatic carbocycles. The summed E-state index contributed by atoms with van der Waals surface area (Å²) in [6, 6.07) is 0. The maximum absolute atomic E-state index is 12.6.